The third kappa shape index (κ3) is 3.54. The molecular weight excluding hydrogens is 348 g/mol. The summed E-state index contributed by atoms with van der Waals surface area (Å²) >= 11 is 1.04. The Morgan fingerprint density at radius 2 is 2.00 bits per heavy atom. The minimum absolute atomic E-state index is 0.105. The molecule has 0 radical (unpaired) electrons. The minimum atomic E-state index is -3.73. The van der Waals surface area contributed by atoms with Crippen LogP contribution in [-0.4, -0.2) is 39.4 Å². The smallest absolute Gasteiger partial charge is 0.271 e. The monoisotopic (exact) mass is 366 g/mol. The van der Waals surface area contributed by atoms with Crippen molar-refractivity contribution in [3.63, 3.8) is 0 Å². The first kappa shape index (κ1) is 16.8. The lowest BCUT2D eigenvalue weighted by molar-refractivity contribution is 0.0793. The number of hydrogen-bond acceptors (Lipinski definition) is 5. The molecule has 0 aliphatic carbocycles. The number of carbonyl (C=O) groups is 1. The number of rotatable bonds is 5. The zero-order valence-electron chi connectivity index (χ0n) is 13.2. The van der Waals surface area contributed by atoms with Crippen LogP contribution in [0.25, 0.3) is 0 Å². The molecule has 1 aromatic carbocycles. The lowest BCUT2D eigenvalue weighted by Gasteiger charge is -2.13. The maximum atomic E-state index is 12.5. The van der Waals surface area contributed by atoms with Crippen LogP contribution < -0.4 is 9.46 Å². The zero-order chi connectivity index (χ0) is 17.2. The van der Waals surface area contributed by atoms with Crippen molar-refractivity contribution in [1.82, 2.24) is 4.90 Å². The molecule has 1 fully saturated rings. The number of nitrogens with zero attached hydrogens (tertiary/aromatic N) is 1. The number of carbonyl (C=O) groups excluding carboxylic acids is 1. The second-order valence-corrected chi connectivity index (χ2v) is 8.31. The average molecular weight is 366 g/mol. The number of sulfonamides is 1. The summed E-state index contributed by atoms with van der Waals surface area (Å²) in [5.74, 6) is 0.456. The van der Waals surface area contributed by atoms with E-state index in [1.165, 1.54) is 13.2 Å². The van der Waals surface area contributed by atoms with Crippen LogP contribution in [0.5, 0.6) is 5.75 Å². The molecule has 1 aromatic heterocycles. The van der Waals surface area contributed by atoms with Crippen LogP contribution in [-0.2, 0) is 10.0 Å². The van der Waals surface area contributed by atoms with E-state index in [0.29, 0.717) is 17.0 Å². The standard InChI is InChI=1S/C16H18N2O4S2/c1-22-14-6-4-5-13(10-14)17-24(20,21)15-9-12(11-23-15)16(19)18-7-2-3-8-18/h4-6,9-11,17H,2-3,7-8H2,1H3. The number of benzene rings is 1. The number of likely N-dealkylation sites (tertiary alicyclic amines) is 1. The Hall–Kier alpha value is -2.06. The molecule has 6 nitrogen and oxygen atoms in total. The largest absolute Gasteiger partial charge is 0.497 e. The number of thiophene rings is 1. The fraction of sp³-hybridized carbons (Fsp3) is 0.312. The first-order chi connectivity index (χ1) is 11.5. The molecule has 3 rings (SSSR count). The Bertz CT molecular complexity index is 839. The van der Waals surface area contributed by atoms with Crippen molar-refractivity contribution < 1.29 is 17.9 Å². The lowest BCUT2D eigenvalue weighted by atomic mass is 10.3. The molecule has 1 aliphatic heterocycles. The van der Waals surface area contributed by atoms with E-state index in [0.717, 1.165) is 37.3 Å². The fourth-order valence-corrected chi connectivity index (χ4v) is 4.77. The van der Waals surface area contributed by atoms with Crippen molar-refractivity contribution in [2.75, 3.05) is 24.9 Å². The summed E-state index contributed by atoms with van der Waals surface area (Å²) in [6, 6.07) is 8.11. The molecule has 8 heteroatoms. The quantitative estimate of drug-likeness (QED) is 0.883. The highest BCUT2D eigenvalue weighted by atomic mass is 32.2. The van der Waals surface area contributed by atoms with Crippen molar-refractivity contribution in [2.24, 2.45) is 0 Å². The van der Waals surface area contributed by atoms with E-state index in [1.807, 2.05) is 0 Å². The highest BCUT2D eigenvalue weighted by Crippen LogP contribution is 2.26. The van der Waals surface area contributed by atoms with Gasteiger partial charge >= 0.3 is 0 Å². The van der Waals surface area contributed by atoms with Gasteiger partial charge in [-0.1, -0.05) is 6.07 Å². The summed E-state index contributed by atoms with van der Waals surface area (Å²) in [6.07, 6.45) is 2.00. The van der Waals surface area contributed by atoms with Gasteiger partial charge in [-0.25, -0.2) is 8.42 Å². The predicted octanol–water partition coefficient (Wildman–Crippen LogP) is 2.79. The van der Waals surface area contributed by atoms with E-state index in [1.54, 1.807) is 34.5 Å². The Morgan fingerprint density at radius 3 is 2.71 bits per heavy atom. The van der Waals surface area contributed by atoms with Crippen LogP contribution in [0.4, 0.5) is 5.69 Å². The number of anilines is 1. The van der Waals surface area contributed by atoms with Gasteiger partial charge in [0.15, 0.2) is 0 Å². The SMILES string of the molecule is COc1cccc(NS(=O)(=O)c2cc(C(=O)N3CCCC3)cs2)c1. The zero-order valence-corrected chi connectivity index (χ0v) is 14.8. The molecule has 1 aliphatic rings. The number of amides is 1. The number of hydrogen-bond donors (Lipinski definition) is 1. The van der Waals surface area contributed by atoms with Crippen LogP contribution in [0.3, 0.4) is 0 Å². The summed E-state index contributed by atoms with van der Waals surface area (Å²) in [5.41, 5.74) is 0.836. The number of nitrogens with one attached hydrogen (secondary N) is 1. The normalized spacial score (nSPS) is 14.6. The summed E-state index contributed by atoms with van der Waals surface area (Å²) in [5, 5.41) is 1.60. The van der Waals surface area contributed by atoms with E-state index in [2.05, 4.69) is 4.72 Å². The first-order valence-electron chi connectivity index (χ1n) is 7.54. The Morgan fingerprint density at radius 1 is 1.25 bits per heavy atom. The maximum Gasteiger partial charge on any atom is 0.271 e. The van der Waals surface area contributed by atoms with Crippen molar-refractivity contribution in [1.29, 1.82) is 0 Å². The fourth-order valence-electron chi connectivity index (χ4n) is 2.56. The summed E-state index contributed by atoms with van der Waals surface area (Å²) in [4.78, 5) is 14.1. The van der Waals surface area contributed by atoms with Gasteiger partial charge in [-0.3, -0.25) is 9.52 Å². The second-order valence-electron chi connectivity index (χ2n) is 5.49. The van der Waals surface area contributed by atoms with Gasteiger partial charge in [-0.15, -0.1) is 11.3 Å². The molecule has 128 valence electrons. The Labute approximate surface area is 145 Å². The summed E-state index contributed by atoms with van der Waals surface area (Å²) in [7, 11) is -2.22. The van der Waals surface area contributed by atoms with Crippen LogP contribution >= 0.6 is 11.3 Å². The van der Waals surface area contributed by atoms with Crippen molar-refractivity contribution >= 4 is 33.0 Å². The maximum absolute atomic E-state index is 12.5. The van der Waals surface area contributed by atoms with E-state index in [4.69, 9.17) is 4.74 Å². The molecule has 2 aromatic rings. The Kier molecular flexibility index (Phi) is 4.77. The molecule has 0 atom stereocenters. The van der Waals surface area contributed by atoms with Crippen LogP contribution in [0.15, 0.2) is 39.9 Å². The second kappa shape index (κ2) is 6.82. The highest BCUT2D eigenvalue weighted by Gasteiger charge is 2.24. The third-order valence-corrected chi connectivity index (χ3v) is 6.62. The number of ether oxygens (including phenoxy) is 1. The van der Waals surface area contributed by atoms with Gasteiger partial charge in [0.1, 0.15) is 9.96 Å². The topological polar surface area (TPSA) is 75.7 Å². The average Bonchev–Trinajstić information content (AvgIpc) is 3.26. The van der Waals surface area contributed by atoms with Gasteiger partial charge in [0.2, 0.25) is 0 Å². The minimum Gasteiger partial charge on any atom is -0.497 e. The molecule has 2 heterocycles. The predicted molar refractivity (Wildman–Crippen MR) is 93.3 cm³/mol. The Balaban J connectivity index is 1.78. The van der Waals surface area contributed by atoms with E-state index < -0.39 is 10.0 Å². The molecule has 1 N–H and O–H groups in total. The molecule has 0 saturated carbocycles. The van der Waals surface area contributed by atoms with Crippen LogP contribution in [0, 0.1) is 0 Å². The van der Waals surface area contributed by atoms with E-state index in [9.17, 15) is 13.2 Å². The molecular formula is C16H18N2O4S2. The summed E-state index contributed by atoms with van der Waals surface area (Å²) in [6.45, 7) is 1.47. The van der Waals surface area contributed by atoms with Crippen molar-refractivity contribution in [3.8, 4) is 5.75 Å². The van der Waals surface area contributed by atoms with Crippen molar-refractivity contribution in [3.05, 3.63) is 41.3 Å². The van der Waals surface area contributed by atoms with E-state index >= 15 is 0 Å². The first-order valence-corrected chi connectivity index (χ1v) is 9.90. The van der Waals surface area contributed by atoms with Crippen LogP contribution in [0.1, 0.15) is 23.2 Å². The molecule has 0 unspecified atom stereocenters. The highest BCUT2D eigenvalue weighted by molar-refractivity contribution is 7.94. The van der Waals surface area contributed by atoms with Gasteiger partial charge in [0.25, 0.3) is 15.9 Å². The molecule has 24 heavy (non-hydrogen) atoms. The number of methoxy groups -OCH3 is 1. The van der Waals surface area contributed by atoms with Gasteiger partial charge in [0.05, 0.1) is 18.4 Å². The van der Waals surface area contributed by atoms with Gasteiger partial charge in [-0.2, -0.15) is 0 Å². The lowest BCUT2D eigenvalue weighted by Crippen LogP contribution is -2.27. The molecule has 0 spiro atoms. The van der Waals surface area contributed by atoms with Gasteiger partial charge in [-0.05, 0) is 31.0 Å². The van der Waals surface area contributed by atoms with Gasteiger partial charge in [0, 0.05) is 24.5 Å². The van der Waals surface area contributed by atoms with E-state index in [-0.39, 0.29) is 10.1 Å². The third-order valence-electron chi connectivity index (χ3n) is 3.80. The van der Waals surface area contributed by atoms with Crippen LogP contribution in [0.2, 0.25) is 0 Å². The van der Waals surface area contributed by atoms with Gasteiger partial charge < -0.3 is 9.64 Å². The van der Waals surface area contributed by atoms with Crippen molar-refractivity contribution in [2.45, 2.75) is 17.1 Å². The summed E-state index contributed by atoms with van der Waals surface area (Å²) < 4.78 is 32.7. The molecule has 0 bridgehead atoms. The molecule has 1 amide bonds. The molecule has 1 saturated heterocycles.